The van der Waals surface area contributed by atoms with Crippen LogP contribution in [0.1, 0.15) is 17.9 Å². The van der Waals surface area contributed by atoms with Gasteiger partial charge in [-0.1, -0.05) is 0 Å². The minimum atomic E-state index is -0.220. The molecule has 1 saturated heterocycles. The maximum atomic E-state index is 5.40. The topological polar surface area (TPSA) is 83.4 Å². The lowest BCUT2D eigenvalue weighted by atomic mass is 10.3. The van der Waals surface area contributed by atoms with Crippen LogP contribution in [0.4, 0.5) is 0 Å². The largest absolute Gasteiger partial charge is 0.422 e. The molecule has 0 spiro atoms. The Balaban J connectivity index is 2.00. The molecule has 78 valence electrons. The zero-order valence-corrected chi connectivity index (χ0v) is 7.81. The standard InChI is InChI=1S/C8H13N3O3/c9-2-1-7-10-11-8(14-7)6-5-12-3-4-13-6/h6H,1-5,9H2. The molecule has 6 heteroatoms. The van der Waals surface area contributed by atoms with Crippen LogP contribution in [0.3, 0.4) is 0 Å². The van der Waals surface area contributed by atoms with E-state index in [9.17, 15) is 0 Å². The lowest BCUT2D eigenvalue weighted by Gasteiger charge is -2.19. The van der Waals surface area contributed by atoms with Crippen molar-refractivity contribution >= 4 is 0 Å². The predicted octanol–water partition coefficient (Wildman–Crippen LogP) is -0.341. The number of hydrogen-bond donors (Lipinski definition) is 1. The summed E-state index contributed by atoms with van der Waals surface area (Å²) in [5, 5.41) is 7.73. The maximum absolute atomic E-state index is 5.40. The Morgan fingerprint density at radius 1 is 1.36 bits per heavy atom. The minimum absolute atomic E-state index is 0.220. The molecule has 14 heavy (non-hydrogen) atoms. The van der Waals surface area contributed by atoms with Crippen molar-refractivity contribution in [3.05, 3.63) is 11.8 Å². The number of aromatic nitrogens is 2. The van der Waals surface area contributed by atoms with Gasteiger partial charge in [0.05, 0.1) is 19.8 Å². The molecule has 2 heterocycles. The van der Waals surface area contributed by atoms with Crippen LogP contribution in [0, 0.1) is 0 Å². The number of nitrogens with zero attached hydrogens (tertiary/aromatic N) is 2. The van der Waals surface area contributed by atoms with E-state index in [-0.39, 0.29) is 6.10 Å². The molecule has 1 aromatic rings. The van der Waals surface area contributed by atoms with Crippen molar-refractivity contribution in [2.45, 2.75) is 12.5 Å². The Kier molecular flexibility index (Phi) is 3.07. The average Bonchev–Trinajstić information content (AvgIpc) is 2.68. The van der Waals surface area contributed by atoms with Crippen molar-refractivity contribution in [1.29, 1.82) is 0 Å². The average molecular weight is 199 g/mol. The summed E-state index contributed by atoms with van der Waals surface area (Å²) in [4.78, 5) is 0. The van der Waals surface area contributed by atoms with Gasteiger partial charge in [0.25, 0.3) is 0 Å². The maximum Gasteiger partial charge on any atom is 0.247 e. The summed E-state index contributed by atoms with van der Waals surface area (Å²) in [5.74, 6) is 1.03. The van der Waals surface area contributed by atoms with Crippen molar-refractivity contribution in [2.24, 2.45) is 5.73 Å². The molecule has 1 aliphatic rings. The van der Waals surface area contributed by atoms with Gasteiger partial charge in [0.1, 0.15) is 0 Å². The molecule has 1 aliphatic heterocycles. The molecule has 0 amide bonds. The number of nitrogens with two attached hydrogens (primary N) is 1. The summed E-state index contributed by atoms with van der Waals surface area (Å²) >= 11 is 0. The van der Waals surface area contributed by atoms with E-state index in [4.69, 9.17) is 19.6 Å². The minimum Gasteiger partial charge on any atom is -0.422 e. The third-order valence-corrected chi connectivity index (χ3v) is 1.93. The highest BCUT2D eigenvalue weighted by Gasteiger charge is 2.22. The van der Waals surface area contributed by atoms with Crippen LogP contribution >= 0.6 is 0 Å². The van der Waals surface area contributed by atoms with Gasteiger partial charge in [-0.05, 0) is 0 Å². The van der Waals surface area contributed by atoms with E-state index in [1.807, 2.05) is 0 Å². The summed E-state index contributed by atoms with van der Waals surface area (Å²) in [5.41, 5.74) is 5.36. The van der Waals surface area contributed by atoms with Gasteiger partial charge in [-0.2, -0.15) is 0 Å². The summed E-state index contributed by atoms with van der Waals surface area (Å²) in [6, 6.07) is 0. The monoisotopic (exact) mass is 199 g/mol. The van der Waals surface area contributed by atoms with Gasteiger partial charge in [-0.3, -0.25) is 0 Å². The van der Waals surface area contributed by atoms with Crippen LogP contribution < -0.4 is 5.73 Å². The molecule has 0 saturated carbocycles. The molecule has 0 aliphatic carbocycles. The zero-order valence-electron chi connectivity index (χ0n) is 7.81. The molecular formula is C8H13N3O3. The Hall–Kier alpha value is -0.980. The second-order valence-electron chi connectivity index (χ2n) is 3.01. The molecule has 0 bridgehead atoms. The summed E-state index contributed by atoms with van der Waals surface area (Å²) in [7, 11) is 0. The van der Waals surface area contributed by atoms with E-state index >= 15 is 0 Å². The van der Waals surface area contributed by atoms with E-state index in [0.717, 1.165) is 0 Å². The van der Waals surface area contributed by atoms with Crippen LogP contribution in [-0.4, -0.2) is 36.6 Å². The van der Waals surface area contributed by atoms with Crippen molar-refractivity contribution in [3.8, 4) is 0 Å². The van der Waals surface area contributed by atoms with E-state index in [1.54, 1.807) is 0 Å². The molecule has 2 N–H and O–H groups in total. The van der Waals surface area contributed by atoms with Gasteiger partial charge in [-0.25, -0.2) is 0 Å². The molecule has 1 aromatic heterocycles. The molecule has 2 rings (SSSR count). The summed E-state index contributed by atoms with van der Waals surface area (Å²) in [6.07, 6.45) is 0.378. The second-order valence-corrected chi connectivity index (χ2v) is 3.01. The number of ether oxygens (including phenoxy) is 2. The lowest BCUT2D eigenvalue weighted by molar-refractivity contribution is -0.0998. The summed E-state index contributed by atoms with van der Waals surface area (Å²) in [6.45, 7) is 2.17. The van der Waals surface area contributed by atoms with Gasteiger partial charge in [0, 0.05) is 13.0 Å². The van der Waals surface area contributed by atoms with E-state index in [2.05, 4.69) is 10.2 Å². The predicted molar refractivity (Wildman–Crippen MR) is 46.6 cm³/mol. The van der Waals surface area contributed by atoms with Crippen molar-refractivity contribution in [3.63, 3.8) is 0 Å². The van der Waals surface area contributed by atoms with Crippen molar-refractivity contribution in [1.82, 2.24) is 10.2 Å². The first-order valence-corrected chi connectivity index (χ1v) is 4.62. The van der Waals surface area contributed by atoms with Crippen LogP contribution in [0.5, 0.6) is 0 Å². The Labute approximate surface area is 81.4 Å². The van der Waals surface area contributed by atoms with E-state index < -0.39 is 0 Å². The van der Waals surface area contributed by atoms with Gasteiger partial charge in [0.15, 0.2) is 6.10 Å². The van der Waals surface area contributed by atoms with Gasteiger partial charge in [0.2, 0.25) is 11.8 Å². The first kappa shape index (κ1) is 9.57. The second kappa shape index (κ2) is 4.50. The van der Waals surface area contributed by atoms with Gasteiger partial charge >= 0.3 is 0 Å². The Bertz CT molecular complexity index is 283. The Morgan fingerprint density at radius 2 is 2.29 bits per heavy atom. The molecule has 1 atom stereocenters. The number of rotatable bonds is 3. The smallest absolute Gasteiger partial charge is 0.247 e. The lowest BCUT2D eigenvalue weighted by Crippen LogP contribution is -2.22. The normalized spacial score (nSPS) is 22.5. The molecule has 6 nitrogen and oxygen atoms in total. The fourth-order valence-electron chi connectivity index (χ4n) is 1.25. The molecule has 0 radical (unpaired) electrons. The highest BCUT2D eigenvalue weighted by Crippen LogP contribution is 2.19. The summed E-state index contributed by atoms with van der Waals surface area (Å²) < 4.78 is 16.0. The van der Waals surface area contributed by atoms with Gasteiger partial charge in [-0.15, -0.1) is 10.2 Å². The highest BCUT2D eigenvalue weighted by molar-refractivity contribution is 4.88. The number of hydrogen-bond acceptors (Lipinski definition) is 6. The molecule has 1 fully saturated rings. The van der Waals surface area contributed by atoms with Crippen LogP contribution in [-0.2, 0) is 15.9 Å². The van der Waals surface area contributed by atoms with E-state index in [0.29, 0.717) is 44.6 Å². The van der Waals surface area contributed by atoms with Crippen LogP contribution in [0.15, 0.2) is 4.42 Å². The Morgan fingerprint density at radius 3 is 3.00 bits per heavy atom. The van der Waals surface area contributed by atoms with Crippen LogP contribution in [0.25, 0.3) is 0 Å². The highest BCUT2D eigenvalue weighted by atomic mass is 16.6. The van der Waals surface area contributed by atoms with Crippen molar-refractivity contribution < 1.29 is 13.9 Å². The first-order chi connectivity index (χ1) is 6.90. The fourth-order valence-corrected chi connectivity index (χ4v) is 1.25. The van der Waals surface area contributed by atoms with Crippen molar-refractivity contribution in [2.75, 3.05) is 26.4 Å². The zero-order chi connectivity index (χ0) is 9.80. The molecule has 0 aromatic carbocycles. The quantitative estimate of drug-likeness (QED) is 0.717. The fraction of sp³-hybridized carbons (Fsp3) is 0.750. The third-order valence-electron chi connectivity index (χ3n) is 1.93. The molecule has 1 unspecified atom stereocenters. The van der Waals surface area contributed by atoms with E-state index in [1.165, 1.54) is 0 Å². The van der Waals surface area contributed by atoms with Crippen LogP contribution in [0.2, 0.25) is 0 Å². The first-order valence-electron chi connectivity index (χ1n) is 4.62. The SMILES string of the molecule is NCCc1nnc(C2COCCO2)o1. The molecular weight excluding hydrogens is 186 g/mol. The van der Waals surface area contributed by atoms with Gasteiger partial charge < -0.3 is 19.6 Å². The third kappa shape index (κ3) is 2.09.